The van der Waals surface area contributed by atoms with E-state index in [2.05, 4.69) is 4.98 Å². The molecule has 0 N–H and O–H groups in total. The third kappa shape index (κ3) is 2.63. The predicted molar refractivity (Wildman–Crippen MR) is 56.1 cm³/mol. The van der Waals surface area contributed by atoms with Crippen LogP contribution in [-0.4, -0.2) is 11.3 Å². The van der Waals surface area contributed by atoms with Crippen LogP contribution in [0.1, 0.15) is 10.4 Å². The summed E-state index contributed by atoms with van der Waals surface area (Å²) in [5, 5.41) is 0. The van der Waals surface area contributed by atoms with Gasteiger partial charge in [0.05, 0.1) is 6.20 Å². The van der Waals surface area contributed by atoms with Gasteiger partial charge in [0.2, 0.25) is 0 Å². The SMILES string of the molecule is O=Cc1cncc(Oc2cc(F)ccc2F)c1. The topological polar surface area (TPSA) is 39.2 Å². The van der Waals surface area contributed by atoms with Gasteiger partial charge in [-0.05, 0) is 18.2 Å². The number of nitrogens with zero attached hydrogens (tertiary/aromatic N) is 1. The van der Waals surface area contributed by atoms with Crippen molar-refractivity contribution in [2.24, 2.45) is 0 Å². The smallest absolute Gasteiger partial charge is 0.166 e. The van der Waals surface area contributed by atoms with E-state index in [1.807, 2.05) is 0 Å². The fourth-order valence-electron chi connectivity index (χ4n) is 1.24. The average Bonchev–Trinajstić information content (AvgIpc) is 2.34. The molecule has 5 heteroatoms. The number of rotatable bonds is 3. The summed E-state index contributed by atoms with van der Waals surface area (Å²) in [5.74, 6) is -1.39. The number of carbonyl (C=O) groups is 1. The van der Waals surface area contributed by atoms with Gasteiger partial charge >= 0.3 is 0 Å². The van der Waals surface area contributed by atoms with Crippen molar-refractivity contribution in [3.8, 4) is 11.5 Å². The molecule has 0 saturated carbocycles. The summed E-state index contributed by atoms with van der Waals surface area (Å²) in [6, 6.07) is 4.25. The number of hydrogen-bond acceptors (Lipinski definition) is 3. The highest BCUT2D eigenvalue weighted by Gasteiger charge is 2.07. The Hall–Kier alpha value is -2.30. The molecule has 0 spiro atoms. The maximum absolute atomic E-state index is 13.3. The maximum atomic E-state index is 13.3. The summed E-state index contributed by atoms with van der Waals surface area (Å²) >= 11 is 0. The average molecular weight is 235 g/mol. The lowest BCUT2D eigenvalue weighted by Gasteiger charge is -2.06. The van der Waals surface area contributed by atoms with Crippen molar-refractivity contribution in [1.29, 1.82) is 0 Å². The molecule has 1 aromatic heterocycles. The van der Waals surface area contributed by atoms with E-state index in [1.54, 1.807) is 0 Å². The zero-order chi connectivity index (χ0) is 12.3. The summed E-state index contributed by atoms with van der Waals surface area (Å²) in [4.78, 5) is 14.2. The van der Waals surface area contributed by atoms with Crippen molar-refractivity contribution in [1.82, 2.24) is 4.98 Å². The third-order valence-electron chi connectivity index (χ3n) is 1.99. The number of ether oxygens (including phenoxy) is 1. The number of aromatic nitrogens is 1. The van der Waals surface area contributed by atoms with Crippen molar-refractivity contribution in [3.05, 3.63) is 53.9 Å². The van der Waals surface area contributed by atoms with E-state index in [1.165, 1.54) is 18.5 Å². The van der Waals surface area contributed by atoms with Crippen LogP contribution in [0, 0.1) is 11.6 Å². The zero-order valence-electron chi connectivity index (χ0n) is 8.56. The van der Waals surface area contributed by atoms with Gasteiger partial charge in [-0.1, -0.05) is 0 Å². The van der Waals surface area contributed by atoms with Gasteiger partial charge in [-0.2, -0.15) is 0 Å². The zero-order valence-corrected chi connectivity index (χ0v) is 8.56. The Morgan fingerprint density at radius 3 is 2.76 bits per heavy atom. The summed E-state index contributed by atoms with van der Waals surface area (Å²) in [6.45, 7) is 0. The first-order valence-electron chi connectivity index (χ1n) is 4.72. The largest absolute Gasteiger partial charge is 0.453 e. The van der Waals surface area contributed by atoms with E-state index in [4.69, 9.17) is 4.74 Å². The molecule has 0 unspecified atom stereocenters. The van der Waals surface area contributed by atoms with Gasteiger partial charge in [-0.15, -0.1) is 0 Å². The van der Waals surface area contributed by atoms with Crippen molar-refractivity contribution >= 4 is 6.29 Å². The van der Waals surface area contributed by atoms with Gasteiger partial charge in [-0.25, -0.2) is 8.78 Å². The maximum Gasteiger partial charge on any atom is 0.166 e. The van der Waals surface area contributed by atoms with Crippen LogP contribution in [0.15, 0.2) is 36.7 Å². The molecule has 3 nitrogen and oxygen atoms in total. The molecular formula is C12H7F2NO2. The summed E-state index contributed by atoms with van der Waals surface area (Å²) in [5.41, 5.74) is 0.291. The van der Waals surface area contributed by atoms with Gasteiger partial charge in [0, 0.05) is 17.8 Å². The molecule has 0 saturated heterocycles. The summed E-state index contributed by atoms with van der Waals surface area (Å²) < 4.78 is 31.2. The van der Waals surface area contributed by atoms with Gasteiger partial charge in [0.1, 0.15) is 11.6 Å². The monoisotopic (exact) mass is 235 g/mol. The van der Waals surface area contributed by atoms with E-state index >= 15 is 0 Å². The quantitative estimate of drug-likeness (QED) is 0.768. The number of benzene rings is 1. The van der Waals surface area contributed by atoms with E-state index in [0.717, 1.165) is 18.2 Å². The Balaban J connectivity index is 2.30. The number of pyridine rings is 1. The van der Waals surface area contributed by atoms with E-state index in [9.17, 15) is 13.6 Å². The molecule has 0 atom stereocenters. The minimum atomic E-state index is -0.692. The lowest BCUT2D eigenvalue weighted by atomic mass is 10.3. The molecule has 0 amide bonds. The van der Waals surface area contributed by atoms with Crippen LogP contribution in [0.4, 0.5) is 8.78 Å². The van der Waals surface area contributed by atoms with Gasteiger partial charge < -0.3 is 4.74 Å². The van der Waals surface area contributed by atoms with Crippen LogP contribution < -0.4 is 4.74 Å². The van der Waals surface area contributed by atoms with Crippen LogP contribution in [0.2, 0.25) is 0 Å². The minimum absolute atomic E-state index is 0.166. The number of halogens is 2. The second kappa shape index (κ2) is 4.69. The minimum Gasteiger partial charge on any atom is -0.453 e. The molecule has 2 rings (SSSR count). The third-order valence-corrected chi connectivity index (χ3v) is 1.99. The molecule has 2 aromatic rings. The van der Waals surface area contributed by atoms with E-state index in [0.29, 0.717) is 11.8 Å². The highest BCUT2D eigenvalue weighted by atomic mass is 19.1. The Morgan fingerprint density at radius 2 is 2.00 bits per heavy atom. The molecule has 0 bridgehead atoms. The highest BCUT2D eigenvalue weighted by Crippen LogP contribution is 2.24. The van der Waals surface area contributed by atoms with Crippen LogP contribution in [0.3, 0.4) is 0 Å². The molecule has 0 aliphatic carbocycles. The summed E-state index contributed by atoms with van der Waals surface area (Å²) in [6.07, 6.45) is 3.22. The highest BCUT2D eigenvalue weighted by molar-refractivity contribution is 5.74. The van der Waals surface area contributed by atoms with E-state index in [-0.39, 0.29) is 11.5 Å². The Bertz CT molecular complexity index is 558. The predicted octanol–water partition coefficient (Wildman–Crippen LogP) is 2.96. The second-order valence-electron chi connectivity index (χ2n) is 3.25. The second-order valence-corrected chi connectivity index (χ2v) is 3.25. The lowest BCUT2D eigenvalue weighted by molar-refractivity contribution is 0.112. The molecule has 86 valence electrons. The number of carbonyl (C=O) groups excluding carboxylic acids is 1. The summed E-state index contributed by atoms with van der Waals surface area (Å²) in [7, 11) is 0. The van der Waals surface area contributed by atoms with Crippen LogP contribution in [-0.2, 0) is 0 Å². The molecule has 0 aliphatic rings. The van der Waals surface area contributed by atoms with Crippen LogP contribution in [0.25, 0.3) is 0 Å². The van der Waals surface area contributed by atoms with Gasteiger partial charge in [0.25, 0.3) is 0 Å². The first-order chi connectivity index (χ1) is 8.19. The number of hydrogen-bond donors (Lipinski definition) is 0. The van der Waals surface area contributed by atoms with Crippen molar-refractivity contribution in [2.75, 3.05) is 0 Å². The molecule has 0 aliphatic heterocycles. The van der Waals surface area contributed by atoms with Crippen LogP contribution >= 0.6 is 0 Å². The molecular weight excluding hydrogens is 228 g/mol. The van der Waals surface area contributed by atoms with Crippen LogP contribution in [0.5, 0.6) is 11.5 Å². The fourth-order valence-corrected chi connectivity index (χ4v) is 1.24. The molecule has 0 fully saturated rings. The Morgan fingerprint density at radius 1 is 1.18 bits per heavy atom. The Labute approximate surface area is 95.7 Å². The number of aldehydes is 1. The van der Waals surface area contributed by atoms with Gasteiger partial charge in [-0.3, -0.25) is 9.78 Å². The molecule has 17 heavy (non-hydrogen) atoms. The normalized spacial score (nSPS) is 10.0. The van der Waals surface area contributed by atoms with E-state index < -0.39 is 11.6 Å². The lowest BCUT2D eigenvalue weighted by Crippen LogP contribution is -1.91. The van der Waals surface area contributed by atoms with Crippen molar-refractivity contribution in [3.63, 3.8) is 0 Å². The van der Waals surface area contributed by atoms with Crippen molar-refractivity contribution in [2.45, 2.75) is 0 Å². The first-order valence-corrected chi connectivity index (χ1v) is 4.72. The standard InChI is InChI=1S/C12H7F2NO2/c13-9-1-2-11(14)12(4-9)17-10-3-8(7-16)5-15-6-10/h1-7H. The molecule has 1 aromatic carbocycles. The van der Waals surface area contributed by atoms with Gasteiger partial charge in [0.15, 0.2) is 17.9 Å². The molecule has 1 heterocycles. The Kier molecular flexibility index (Phi) is 3.09. The molecule has 0 radical (unpaired) electrons. The fraction of sp³-hybridized carbons (Fsp3) is 0. The van der Waals surface area contributed by atoms with Crippen molar-refractivity contribution < 1.29 is 18.3 Å². The first kappa shape index (κ1) is 11.2.